The van der Waals surface area contributed by atoms with Gasteiger partial charge < -0.3 is 20.1 Å². The van der Waals surface area contributed by atoms with E-state index in [-0.39, 0.29) is 32.1 Å². The summed E-state index contributed by atoms with van der Waals surface area (Å²) in [5.74, 6) is -0.796. The first kappa shape index (κ1) is 81.0. The molecule has 3 N–H and O–H groups in total. The summed E-state index contributed by atoms with van der Waals surface area (Å²) in [6.07, 6.45) is 82.3. The van der Waals surface area contributed by atoms with Gasteiger partial charge in [0.15, 0.2) is 6.10 Å². The molecule has 82 heavy (non-hydrogen) atoms. The van der Waals surface area contributed by atoms with Crippen LogP contribution in [0, 0.1) is 0 Å². The molecule has 0 fully saturated rings. The topological polar surface area (TPSA) is 134 Å². The van der Waals surface area contributed by atoms with E-state index in [1.807, 2.05) is 0 Å². The Kier molecular flexibility index (Phi) is 68.3. The zero-order valence-corrected chi connectivity index (χ0v) is 56.2. The fourth-order valence-electron chi connectivity index (χ4n) is 11.8. The van der Waals surface area contributed by atoms with Crippen LogP contribution in [0.4, 0.5) is 0 Å². The van der Waals surface area contributed by atoms with Crippen molar-refractivity contribution in [2.45, 2.75) is 424 Å². The molecule has 9 nitrogen and oxygen atoms in total. The third kappa shape index (κ3) is 68.1. The Hall–Kier alpha value is -0.990. The molecule has 0 aliphatic carbocycles. The Morgan fingerprint density at radius 2 is 0.524 bits per heavy atom. The van der Waals surface area contributed by atoms with E-state index in [0.717, 1.165) is 32.1 Å². The largest absolute Gasteiger partial charge is 0.472 e. The number of unbranched alkanes of at least 4 members (excludes halogenated alkanes) is 59. The lowest BCUT2D eigenvalue weighted by Crippen LogP contribution is -2.29. The molecule has 0 aromatic heterocycles. The van der Waals surface area contributed by atoms with E-state index in [1.165, 1.54) is 353 Å². The summed E-state index contributed by atoms with van der Waals surface area (Å²) in [6, 6.07) is 0. The summed E-state index contributed by atoms with van der Waals surface area (Å²) in [4.78, 5) is 35.4. The third-order valence-electron chi connectivity index (χ3n) is 17.2. The molecule has 2 unspecified atom stereocenters. The Morgan fingerprint density at radius 3 is 0.744 bits per heavy atom. The number of hydrogen-bond acceptors (Lipinski definition) is 8. The highest BCUT2D eigenvalue weighted by Crippen LogP contribution is 2.43. The number of ether oxygens (including phenoxy) is 2. The number of esters is 2. The van der Waals surface area contributed by atoms with E-state index in [2.05, 4.69) is 13.8 Å². The Morgan fingerprint density at radius 1 is 0.317 bits per heavy atom. The minimum atomic E-state index is -4.39. The second kappa shape index (κ2) is 69.1. The molecule has 0 amide bonds. The van der Waals surface area contributed by atoms with Crippen LogP contribution in [0.2, 0.25) is 0 Å². The molecule has 490 valence electrons. The van der Waals surface area contributed by atoms with Crippen LogP contribution >= 0.6 is 7.82 Å². The van der Waals surface area contributed by atoms with Crippen LogP contribution in [0.5, 0.6) is 0 Å². The third-order valence-corrected chi connectivity index (χ3v) is 18.2. The molecule has 0 aliphatic heterocycles. The van der Waals surface area contributed by atoms with Crippen molar-refractivity contribution in [2.75, 3.05) is 26.4 Å². The van der Waals surface area contributed by atoms with E-state index in [4.69, 9.17) is 24.3 Å². The van der Waals surface area contributed by atoms with Gasteiger partial charge in [0.05, 0.1) is 13.2 Å². The highest BCUT2D eigenvalue weighted by molar-refractivity contribution is 7.47. The van der Waals surface area contributed by atoms with Crippen molar-refractivity contribution in [1.29, 1.82) is 0 Å². The summed E-state index contributed by atoms with van der Waals surface area (Å²) >= 11 is 0. The van der Waals surface area contributed by atoms with Gasteiger partial charge in [0.2, 0.25) is 0 Å². The number of rotatable bonds is 72. The molecule has 0 rings (SSSR count). The molecule has 0 saturated carbocycles. The van der Waals surface area contributed by atoms with Gasteiger partial charge in [-0.25, -0.2) is 4.57 Å². The average molecular weight is 1180 g/mol. The van der Waals surface area contributed by atoms with Crippen LogP contribution in [0.25, 0.3) is 0 Å². The van der Waals surface area contributed by atoms with Crippen molar-refractivity contribution in [3.05, 3.63) is 0 Å². The quantitative estimate of drug-likeness (QED) is 0.0347. The molecular weight excluding hydrogens is 1040 g/mol. The molecule has 0 heterocycles. The summed E-state index contributed by atoms with van der Waals surface area (Å²) in [5.41, 5.74) is 5.41. The minimum absolute atomic E-state index is 0.0589. The molecule has 2 atom stereocenters. The van der Waals surface area contributed by atoms with Crippen molar-refractivity contribution in [3.8, 4) is 0 Å². The number of carbonyl (C=O) groups excluding carboxylic acids is 2. The predicted molar refractivity (Wildman–Crippen MR) is 354 cm³/mol. The van der Waals surface area contributed by atoms with Crippen molar-refractivity contribution < 1.29 is 37.6 Å². The fourth-order valence-corrected chi connectivity index (χ4v) is 12.5. The van der Waals surface area contributed by atoms with Gasteiger partial charge >= 0.3 is 19.8 Å². The lowest BCUT2D eigenvalue weighted by Gasteiger charge is -2.19. The summed E-state index contributed by atoms with van der Waals surface area (Å²) in [7, 11) is -4.39. The van der Waals surface area contributed by atoms with Crippen LogP contribution in [-0.2, 0) is 32.7 Å². The van der Waals surface area contributed by atoms with Gasteiger partial charge in [-0.3, -0.25) is 18.6 Å². The molecule has 0 radical (unpaired) electrons. The molecule has 0 aromatic rings. The smallest absolute Gasteiger partial charge is 0.462 e. The van der Waals surface area contributed by atoms with Gasteiger partial charge in [-0.2, -0.15) is 0 Å². The standard InChI is InChI=1S/C72H144NO8P/c1-3-5-7-9-11-13-15-17-19-21-23-25-27-29-31-32-33-34-35-36-37-39-41-43-45-47-49-51-53-55-57-59-61-63-65-72(75)81-70(69-80-82(76,77)79-67-66-73)68-78-71(74)64-62-60-58-56-54-52-50-48-46-44-42-40-38-30-28-26-24-22-20-18-16-14-12-10-8-6-4-2/h70H,3-69,73H2,1-2H3,(H,76,77). The number of phosphoric ester groups is 1. The van der Waals surface area contributed by atoms with Crippen LogP contribution in [0.15, 0.2) is 0 Å². The Labute approximate surface area is 511 Å². The molecule has 0 aromatic carbocycles. The summed E-state index contributed by atoms with van der Waals surface area (Å²) in [5, 5.41) is 0. The maximum atomic E-state index is 12.8. The number of nitrogens with two attached hydrogens (primary N) is 1. The zero-order valence-electron chi connectivity index (χ0n) is 55.3. The number of hydrogen-bond donors (Lipinski definition) is 2. The highest BCUT2D eigenvalue weighted by atomic mass is 31.2. The van der Waals surface area contributed by atoms with Gasteiger partial charge in [-0.15, -0.1) is 0 Å². The average Bonchev–Trinajstić information content (AvgIpc) is 3.48. The molecular formula is C72H144NO8P. The first-order valence-electron chi connectivity index (χ1n) is 37.0. The van der Waals surface area contributed by atoms with E-state index in [0.29, 0.717) is 12.8 Å². The second-order valence-electron chi connectivity index (χ2n) is 25.5. The molecule has 10 heteroatoms. The van der Waals surface area contributed by atoms with Crippen LogP contribution < -0.4 is 5.73 Å². The van der Waals surface area contributed by atoms with Gasteiger partial charge in [0.25, 0.3) is 0 Å². The van der Waals surface area contributed by atoms with Gasteiger partial charge in [0, 0.05) is 19.4 Å². The van der Waals surface area contributed by atoms with Crippen LogP contribution in [0.1, 0.15) is 418 Å². The SMILES string of the molecule is CCCCCCCCCCCCCCCCCCCCCCCCCCCCCCCCCCCCC(=O)OC(COC(=O)CCCCCCCCCCCCCCCCCCCCCCCCCCCCC)COP(=O)(O)OCCN. The molecule has 0 bridgehead atoms. The molecule has 0 saturated heterocycles. The highest BCUT2D eigenvalue weighted by Gasteiger charge is 2.26. The fraction of sp³-hybridized carbons (Fsp3) is 0.972. The Balaban J connectivity index is 3.76. The zero-order chi connectivity index (χ0) is 59.4. The lowest BCUT2D eigenvalue weighted by atomic mass is 10.0. The lowest BCUT2D eigenvalue weighted by molar-refractivity contribution is -0.161. The first-order chi connectivity index (χ1) is 40.3. The summed E-state index contributed by atoms with van der Waals surface area (Å²) < 4.78 is 33.2. The van der Waals surface area contributed by atoms with Gasteiger partial charge in [-0.05, 0) is 12.8 Å². The van der Waals surface area contributed by atoms with E-state index < -0.39 is 26.5 Å². The second-order valence-corrected chi connectivity index (χ2v) is 27.0. The number of phosphoric acid groups is 1. The van der Waals surface area contributed by atoms with E-state index in [1.54, 1.807) is 0 Å². The van der Waals surface area contributed by atoms with E-state index >= 15 is 0 Å². The van der Waals surface area contributed by atoms with Crippen LogP contribution in [0.3, 0.4) is 0 Å². The van der Waals surface area contributed by atoms with Crippen molar-refractivity contribution in [1.82, 2.24) is 0 Å². The maximum absolute atomic E-state index is 12.8. The molecule has 0 aliphatic rings. The van der Waals surface area contributed by atoms with Crippen molar-refractivity contribution in [3.63, 3.8) is 0 Å². The minimum Gasteiger partial charge on any atom is -0.462 e. The number of carbonyl (C=O) groups is 2. The van der Waals surface area contributed by atoms with E-state index in [9.17, 15) is 19.0 Å². The first-order valence-corrected chi connectivity index (χ1v) is 38.5. The van der Waals surface area contributed by atoms with Gasteiger partial charge in [0.1, 0.15) is 6.61 Å². The maximum Gasteiger partial charge on any atom is 0.472 e. The van der Waals surface area contributed by atoms with Crippen molar-refractivity contribution in [2.24, 2.45) is 5.73 Å². The summed E-state index contributed by atoms with van der Waals surface area (Å²) in [6.45, 7) is 3.85. The monoisotopic (exact) mass is 1180 g/mol. The van der Waals surface area contributed by atoms with Gasteiger partial charge in [-0.1, -0.05) is 393 Å². The van der Waals surface area contributed by atoms with Crippen LogP contribution in [-0.4, -0.2) is 49.3 Å². The molecule has 0 spiro atoms. The normalized spacial score (nSPS) is 12.8. The Bertz CT molecular complexity index is 1300. The van der Waals surface area contributed by atoms with Crippen molar-refractivity contribution >= 4 is 19.8 Å². The predicted octanol–water partition coefficient (Wildman–Crippen LogP) is 24.1.